The quantitative estimate of drug-likeness (QED) is 0.721. The molecule has 0 radical (unpaired) electrons. The van der Waals surface area contributed by atoms with Crippen LogP contribution in [0.15, 0.2) is 30.3 Å². The Morgan fingerprint density at radius 2 is 2.27 bits per heavy atom. The van der Waals surface area contributed by atoms with E-state index in [2.05, 4.69) is 28.4 Å². The minimum atomic E-state index is 0.325. The Morgan fingerprint density at radius 1 is 1.41 bits per heavy atom. The number of benzene rings is 1. The Labute approximate surface area is 133 Å². The number of rotatable bonds is 8. The molecule has 0 aliphatic carbocycles. The fourth-order valence-corrected chi connectivity index (χ4v) is 2.92. The van der Waals surface area contributed by atoms with Gasteiger partial charge in [-0.15, -0.1) is 0 Å². The van der Waals surface area contributed by atoms with Crippen molar-refractivity contribution in [2.24, 2.45) is 5.92 Å². The average Bonchev–Trinajstić information content (AvgIpc) is 2.58. The second kappa shape index (κ2) is 9.62. The molecule has 1 fully saturated rings. The van der Waals surface area contributed by atoms with Crippen molar-refractivity contribution in [1.29, 1.82) is 0 Å². The van der Waals surface area contributed by atoms with Crippen LogP contribution in [0.5, 0.6) is 5.75 Å². The van der Waals surface area contributed by atoms with Crippen molar-refractivity contribution in [3.05, 3.63) is 35.9 Å². The SMILES string of the molecule is COc1ccccc1C=CCNCCN1CCCC(CO)C1. The van der Waals surface area contributed by atoms with Crippen LogP contribution in [0, 0.1) is 5.92 Å². The second-order valence-corrected chi connectivity index (χ2v) is 5.84. The lowest BCUT2D eigenvalue weighted by Crippen LogP contribution is -2.40. The maximum Gasteiger partial charge on any atom is 0.126 e. The molecule has 2 rings (SSSR count). The van der Waals surface area contributed by atoms with Crippen LogP contribution in [-0.4, -0.2) is 56.4 Å². The molecule has 0 bridgehead atoms. The summed E-state index contributed by atoms with van der Waals surface area (Å²) in [5, 5.41) is 12.7. The van der Waals surface area contributed by atoms with E-state index in [1.807, 2.05) is 18.2 Å². The molecular weight excluding hydrogens is 276 g/mol. The van der Waals surface area contributed by atoms with E-state index in [1.165, 1.54) is 12.8 Å². The highest BCUT2D eigenvalue weighted by Gasteiger charge is 2.18. The molecule has 22 heavy (non-hydrogen) atoms. The number of aliphatic hydroxyl groups excluding tert-OH is 1. The Bertz CT molecular complexity index is 462. The van der Waals surface area contributed by atoms with Crippen LogP contribution in [0.1, 0.15) is 18.4 Å². The van der Waals surface area contributed by atoms with Gasteiger partial charge in [-0.25, -0.2) is 0 Å². The first-order chi connectivity index (χ1) is 10.8. The highest BCUT2D eigenvalue weighted by Crippen LogP contribution is 2.18. The monoisotopic (exact) mass is 304 g/mol. The van der Waals surface area contributed by atoms with E-state index in [9.17, 15) is 5.11 Å². The highest BCUT2D eigenvalue weighted by molar-refractivity contribution is 5.57. The van der Waals surface area contributed by atoms with Crippen molar-refractivity contribution in [3.63, 3.8) is 0 Å². The topological polar surface area (TPSA) is 44.7 Å². The van der Waals surface area contributed by atoms with Gasteiger partial charge in [0.2, 0.25) is 0 Å². The lowest BCUT2D eigenvalue weighted by atomic mass is 9.99. The van der Waals surface area contributed by atoms with Gasteiger partial charge in [0.15, 0.2) is 0 Å². The van der Waals surface area contributed by atoms with Gasteiger partial charge >= 0.3 is 0 Å². The maximum atomic E-state index is 9.24. The van der Waals surface area contributed by atoms with E-state index < -0.39 is 0 Å². The summed E-state index contributed by atoms with van der Waals surface area (Å²) in [7, 11) is 1.70. The van der Waals surface area contributed by atoms with Gasteiger partial charge in [0, 0.05) is 38.3 Å². The number of piperidine rings is 1. The molecule has 1 unspecified atom stereocenters. The largest absolute Gasteiger partial charge is 0.496 e. The van der Waals surface area contributed by atoms with Crippen LogP contribution in [0.3, 0.4) is 0 Å². The number of nitrogens with one attached hydrogen (secondary N) is 1. The van der Waals surface area contributed by atoms with E-state index in [1.54, 1.807) is 7.11 Å². The third-order valence-corrected chi connectivity index (χ3v) is 4.16. The molecule has 122 valence electrons. The molecule has 4 nitrogen and oxygen atoms in total. The van der Waals surface area contributed by atoms with E-state index >= 15 is 0 Å². The zero-order valence-electron chi connectivity index (χ0n) is 13.5. The first-order valence-electron chi connectivity index (χ1n) is 8.17. The summed E-state index contributed by atoms with van der Waals surface area (Å²) < 4.78 is 5.32. The minimum Gasteiger partial charge on any atom is -0.496 e. The molecule has 1 aliphatic heterocycles. The fourth-order valence-electron chi connectivity index (χ4n) is 2.92. The Morgan fingerprint density at radius 3 is 3.09 bits per heavy atom. The lowest BCUT2D eigenvalue weighted by Gasteiger charge is -2.31. The number of para-hydroxylation sites is 1. The summed E-state index contributed by atoms with van der Waals surface area (Å²) in [5.41, 5.74) is 1.11. The molecule has 0 amide bonds. The van der Waals surface area contributed by atoms with Gasteiger partial charge in [-0.2, -0.15) is 0 Å². The zero-order valence-corrected chi connectivity index (χ0v) is 13.5. The summed E-state index contributed by atoms with van der Waals surface area (Å²) in [6, 6.07) is 8.02. The van der Waals surface area contributed by atoms with Crippen molar-refractivity contribution in [1.82, 2.24) is 10.2 Å². The molecule has 1 aromatic rings. The van der Waals surface area contributed by atoms with Crippen LogP contribution in [0.25, 0.3) is 6.08 Å². The number of methoxy groups -OCH3 is 1. The molecule has 1 heterocycles. The van der Waals surface area contributed by atoms with Crippen LogP contribution < -0.4 is 10.1 Å². The molecule has 1 atom stereocenters. The number of aliphatic hydroxyl groups is 1. The third kappa shape index (κ3) is 5.44. The van der Waals surface area contributed by atoms with Crippen molar-refractivity contribution < 1.29 is 9.84 Å². The third-order valence-electron chi connectivity index (χ3n) is 4.16. The first-order valence-corrected chi connectivity index (χ1v) is 8.17. The van der Waals surface area contributed by atoms with Crippen molar-refractivity contribution in [3.8, 4) is 5.75 Å². The highest BCUT2D eigenvalue weighted by atomic mass is 16.5. The Kier molecular flexibility index (Phi) is 7.43. The molecule has 0 spiro atoms. The molecule has 1 aromatic carbocycles. The van der Waals surface area contributed by atoms with Gasteiger partial charge in [0.1, 0.15) is 5.75 Å². The van der Waals surface area contributed by atoms with E-state index in [0.29, 0.717) is 12.5 Å². The minimum absolute atomic E-state index is 0.325. The van der Waals surface area contributed by atoms with Crippen molar-refractivity contribution in [2.75, 3.05) is 46.4 Å². The average molecular weight is 304 g/mol. The van der Waals surface area contributed by atoms with Gasteiger partial charge in [0.25, 0.3) is 0 Å². The number of likely N-dealkylation sites (tertiary alicyclic amines) is 1. The maximum absolute atomic E-state index is 9.24. The van der Waals surface area contributed by atoms with Crippen molar-refractivity contribution in [2.45, 2.75) is 12.8 Å². The van der Waals surface area contributed by atoms with Crippen molar-refractivity contribution >= 4 is 6.08 Å². The Hall–Kier alpha value is -1.36. The normalized spacial score (nSPS) is 19.6. The molecule has 1 saturated heterocycles. The number of ether oxygens (including phenoxy) is 1. The number of hydrogen-bond acceptors (Lipinski definition) is 4. The van der Waals surface area contributed by atoms with Crippen LogP contribution in [0.4, 0.5) is 0 Å². The molecule has 1 aliphatic rings. The lowest BCUT2D eigenvalue weighted by molar-refractivity contribution is 0.121. The van der Waals surface area contributed by atoms with E-state index in [4.69, 9.17) is 4.74 Å². The first kappa shape index (κ1) is 17.0. The standard InChI is InChI=1S/C18H28N2O2/c1-22-18-9-3-2-7-17(18)8-4-10-19-11-13-20-12-5-6-16(14-20)15-21/h2-4,7-9,16,19,21H,5-6,10-15H2,1H3. The van der Waals surface area contributed by atoms with Gasteiger partial charge in [-0.1, -0.05) is 30.4 Å². The molecule has 2 N–H and O–H groups in total. The molecule has 0 saturated carbocycles. The fraction of sp³-hybridized carbons (Fsp3) is 0.556. The predicted octanol–water partition coefficient (Wildman–Crippen LogP) is 2.00. The van der Waals surface area contributed by atoms with E-state index in [-0.39, 0.29) is 0 Å². The summed E-state index contributed by atoms with van der Waals surface area (Å²) in [4.78, 5) is 2.45. The second-order valence-electron chi connectivity index (χ2n) is 5.84. The molecular formula is C18H28N2O2. The van der Waals surface area contributed by atoms with Crippen LogP contribution >= 0.6 is 0 Å². The predicted molar refractivity (Wildman–Crippen MR) is 91.1 cm³/mol. The van der Waals surface area contributed by atoms with Crippen LogP contribution in [-0.2, 0) is 0 Å². The number of nitrogens with zero attached hydrogens (tertiary/aromatic N) is 1. The summed E-state index contributed by atoms with van der Waals surface area (Å²) in [5.74, 6) is 1.38. The number of hydrogen-bond donors (Lipinski definition) is 2. The van der Waals surface area contributed by atoms with Crippen LogP contribution in [0.2, 0.25) is 0 Å². The molecule has 4 heteroatoms. The summed E-state index contributed by atoms with van der Waals surface area (Å²) in [6.45, 7) is 5.42. The Balaban J connectivity index is 1.64. The van der Waals surface area contributed by atoms with Gasteiger partial charge in [-0.05, 0) is 31.4 Å². The molecule has 0 aromatic heterocycles. The zero-order chi connectivity index (χ0) is 15.6. The summed E-state index contributed by atoms with van der Waals surface area (Å²) in [6.07, 6.45) is 6.60. The summed E-state index contributed by atoms with van der Waals surface area (Å²) >= 11 is 0. The van der Waals surface area contributed by atoms with Gasteiger partial charge in [-0.3, -0.25) is 0 Å². The van der Waals surface area contributed by atoms with Gasteiger partial charge in [0.05, 0.1) is 7.11 Å². The van der Waals surface area contributed by atoms with E-state index in [0.717, 1.165) is 44.0 Å². The smallest absolute Gasteiger partial charge is 0.126 e. The van der Waals surface area contributed by atoms with Gasteiger partial charge < -0.3 is 20.1 Å².